The van der Waals surface area contributed by atoms with Crippen LogP contribution in [0.25, 0.3) is 0 Å². The van der Waals surface area contributed by atoms with E-state index in [-0.39, 0.29) is 9.67 Å². The largest absolute Gasteiger partial charge is 0.693 e. The van der Waals surface area contributed by atoms with Crippen LogP contribution in [-0.4, -0.2) is 18.9 Å². The van der Waals surface area contributed by atoms with Crippen molar-refractivity contribution in [2.45, 2.75) is 0 Å². The number of hydrogen-bond acceptors (Lipinski definition) is 4. The lowest BCUT2D eigenvalue weighted by Gasteiger charge is -2.02. The van der Waals surface area contributed by atoms with Gasteiger partial charge in [-0.25, -0.2) is 0 Å². The van der Waals surface area contributed by atoms with Crippen molar-refractivity contribution < 1.29 is 21.7 Å². The third-order valence-electron chi connectivity index (χ3n) is 1.32. The van der Waals surface area contributed by atoms with E-state index in [9.17, 15) is 17.8 Å². The second-order valence-electron chi connectivity index (χ2n) is 2.20. The molecule has 7 heteroatoms. The molecule has 0 fully saturated rings. The zero-order valence-electron chi connectivity index (χ0n) is 6.38. The van der Waals surface area contributed by atoms with E-state index in [1.165, 1.54) is 12.1 Å². The predicted octanol–water partition coefficient (Wildman–Crippen LogP) is -1.62. The molecule has 0 atom stereocenters. The van der Waals surface area contributed by atoms with Crippen LogP contribution in [0.5, 0.6) is 0 Å². The van der Waals surface area contributed by atoms with Gasteiger partial charge in [-0.3, -0.25) is 4.79 Å². The Morgan fingerprint density at radius 1 is 1.46 bits per heavy atom. The molecule has 0 saturated heterocycles. The first-order valence-electron chi connectivity index (χ1n) is 3.20. The molecule has 1 aromatic heterocycles. The molecule has 1 aromatic rings. The van der Waals surface area contributed by atoms with Gasteiger partial charge in [-0.2, -0.15) is 8.42 Å². The summed E-state index contributed by atoms with van der Waals surface area (Å²) in [5.74, 6) is -0.972. The van der Waals surface area contributed by atoms with Crippen LogP contribution in [0.1, 0.15) is 10.5 Å². The van der Waals surface area contributed by atoms with Gasteiger partial charge in [-0.05, 0) is 6.07 Å². The fourth-order valence-electron chi connectivity index (χ4n) is 0.814. The zero-order valence-corrected chi connectivity index (χ0v) is 7.19. The number of nitrogens with two attached hydrogens (primary N) is 1. The quantitative estimate of drug-likeness (QED) is 0.459. The highest BCUT2D eigenvalue weighted by atomic mass is 32.2. The Morgan fingerprint density at radius 2 is 2.08 bits per heavy atom. The average molecular weight is 202 g/mol. The van der Waals surface area contributed by atoms with E-state index in [1.54, 1.807) is 0 Å². The predicted molar refractivity (Wildman–Crippen MR) is 40.3 cm³/mol. The SMILES string of the molecule is NC(=O)c1cccc[n+]1S(=O)(=O)[O-]. The normalized spacial score (nSPS) is 11.2. The van der Waals surface area contributed by atoms with Crippen molar-refractivity contribution in [3.63, 3.8) is 0 Å². The van der Waals surface area contributed by atoms with E-state index in [0.717, 1.165) is 12.3 Å². The highest BCUT2D eigenvalue weighted by Gasteiger charge is 2.19. The Hall–Kier alpha value is -1.47. The molecular weight excluding hydrogens is 196 g/mol. The standard InChI is InChI=1S/C6H6N2O4S/c7-6(9)5-3-1-2-4-8(5)13(10,11)12/h1-4H,(H2-,7,9,10,11,12). The number of carbonyl (C=O) groups excluding carboxylic acids is 1. The molecule has 0 spiro atoms. The van der Waals surface area contributed by atoms with E-state index >= 15 is 0 Å². The summed E-state index contributed by atoms with van der Waals surface area (Å²) in [6, 6.07) is 3.86. The minimum Gasteiger partial charge on any atom is -0.693 e. The summed E-state index contributed by atoms with van der Waals surface area (Å²) in [5, 5.41) is 0. The van der Waals surface area contributed by atoms with Crippen molar-refractivity contribution in [3.05, 3.63) is 30.1 Å². The molecule has 0 radical (unpaired) electrons. The van der Waals surface area contributed by atoms with Crippen LogP contribution in [0, 0.1) is 0 Å². The van der Waals surface area contributed by atoms with Gasteiger partial charge >= 0.3 is 16.2 Å². The van der Waals surface area contributed by atoms with Gasteiger partial charge in [0.25, 0.3) is 5.69 Å². The van der Waals surface area contributed by atoms with Crippen LogP contribution in [0.2, 0.25) is 0 Å². The first kappa shape index (κ1) is 9.62. The van der Waals surface area contributed by atoms with Gasteiger partial charge in [0.05, 0.1) is 0 Å². The summed E-state index contributed by atoms with van der Waals surface area (Å²) >= 11 is 0. The van der Waals surface area contributed by atoms with E-state index in [1.807, 2.05) is 0 Å². The molecule has 0 unspecified atom stereocenters. The summed E-state index contributed by atoms with van der Waals surface area (Å²) in [6.45, 7) is 0. The number of rotatable bonds is 2. The highest BCUT2D eigenvalue weighted by Crippen LogP contribution is 1.91. The van der Waals surface area contributed by atoms with Crippen molar-refractivity contribution in [1.82, 2.24) is 0 Å². The van der Waals surface area contributed by atoms with Gasteiger partial charge in [-0.1, -0.05) is 3.97 Å². The number of pyridine rings is 1. The van der Waals surface area contributed by atoms with Crippen LogP contribution in [0.3, 0.4) is 0 Å². The molecular formula is C6H6N2O4S. The molecule has 0 aliphatic heterocycles. The summed E-state index contributed by atoms with van der Waals surface area (Å²) in [4.78, 5) is 10.7. The molecule has 0 saturated carbocycles. The fourth-order valence-corrected chi connectivity index (χ4v) is 1.43. The molecule has 0 bridgehead atoms. The van der Waals surface area contributed by atoms with Crippen LogP contribution in [0.15, 0.2) is 24.4 Å². The first-order valence-corrected chi connectivity index (χ1v) is 4.56. The van der Waals surface area contributed by atoms with E-state index in [2.05, 4.69) is 0 Å². The molecule has 2 N–H and O–H groups in total. The second-order valence-corrected chi connectivity index (χ2v) is 3.45. The smallest absolute Gasteiger partial charge is 0.330 e. The minimum atomic E-state index is -4.71. The van der Waals surface area contributed by atoms with Crippen molar-refractivity contribution in [2.75, 3.05) is 0 Å². The number of carbonyl (C=O) groups is 1. The number of nitrogens with zero attached hydrogens (tertiary/aromatic N) is 1. The molecule has 1 rings (SSSR count). The Balaban J connectivity index is 3.46. The van der Waals surface area contributed by atoms with Crippen LogP contribution < -0.4 is 9.71 Å². The van der Waals surface area contributed by atoms with Gasteiger partial charge in [0.15, 0.2) is 6.20 Å². The van der Waals surface area contributed by atoms with Gasteiger partial charge in [0.1, 0.15) is 0 Å². The van der Waals surface area contributed by atoms with Crippen molar-refractivity contribution in [3.8, 4) is 0 Å². The lowest BCUT2D eigenvalue weighted by molar-refractivity contribution is -0.522. The Kier molecular flexibility index (Phi) is 2.30. The molecule has 0 aliphatic carbocycles. The average Bonchev–Trinajstić information content (AvgIpc) is 2.03. The number of aromatic nitrogens is 1. The third kappa shape index (κ3) is 2.01. The van der Waals surface area contributed by atoms with E-state index in [0.29, 0.717) is 0 Å². The van der Waals surface area contributed by atoms with Gasteiger partial charge in [-0.15, -0.1) is 0 Å². The second kappa shape index (κ2) is 3.11. The van der Waals surface area contributed by atoms with Crippen LogP contribution >= 0.6 is 0 Å². The molecule has 70 valence electrons. The van der Waals surface area contributed by atoms with Gasteiger partial charge < -0.3 is 10.3 Å². The number of hydrogen-bond donors (Lipinski definition) is 1. The van der Waals surface area contributed by atoms with Crippen LogP contribution in [-0.2, 0) is 10.3 Å². The van der Waals surface area contributed by atoms with Crippen molar-refractivity contribution in [2.24, 2.45) is 5.73 Å². The Bertz CT molecular complexity index is 440. The third-order valence-corrected chi connectivity index (χ3v) is 2.12. The van der Waals surface area contributed by atoms with Crippen molar-refractivity contribution >= 4 is 16.2 Å². The molecule has 1 heterocycles. The van der Waals surface area contributed by atoms with Gasteiger partial charge in [0, 0.05) is 12.1 Å². The molecule has 6 nitrogen and oxygen atoms in total. The zero-order chi connectivity index (χ0) is 10.1. The summed E-state index contributed by atoms with van der Waals surface area (Å²) in [7, 11) is -4.71. The Labute approximate surface area is 74.5 Å². The minimum absolute atomic E-state index is 0.287. The fraction of sp³-hybridized carbons (Fsp3) is 0. The summed E-state index contributed by atoms with van der Waals surface area (Å²) < 4.78 is 32.0. The molecule has 0 aromatic carbocycles. The van der Waals surface area contributed by atoms with Crippen molar-refractivity contribution in [1.29, 1.82) is 0 Å². The van der Waals surface area contributed by atoms with Crippen LogP contribution in [0.4, 0.5) is 0 Å². The maximum Gasteiger partial charge on any atom is 0.330 e. The monoisotopic (exact) mass is 202 g/mol. The molecule has 1 amide bonds. The Morgan fingerprint density at radius 3 is 2.46 bits per heavy atom. The lowest BCUT2D eigenvalue weighted by Crippen LogP contribution is -2.48. The summed E-state index contributed by atoms with van der Waals surface area (Å²) in [6.07, 6.45) is 0.961. The molecule has 13 heavy (non-hydrogen) atoms. The lowest BCUT2D eigenvalue weighted by atomic mass is 10.3. The first-order chi connectivity index (χ1) is 5.93. The highest BCUT2D eigenvalue weighted by molar-refractivity contribution is 7.79. The van der Waals surface area contributed by atoms with E-state index in [4.69, 9.17) is 5.73 Å². The number of primary amides is 1. The topological polar surface area (TPSA) is 104 Å². The number of amides is 1. The maximum atomic E-state index is 10.7. The van der Waals surface area contributed by atoms with Gasteiger partial charge in [0.2, 0.25) is 0 Å². The summed E-state index contributed by atoms with van der Waals surface area (Å²) in [5.41, 5.74) is 4.48. The van der Waals surface area contributed by atoms with E-state index < -0.39 is 16.2 Å². The molecule has 0 aliphatic rings. The maximum absolute atomic E-state index is 10.7.